The molecule has 5 saturated carbocycles. The molecule has 7 aromatic carbocycles. The number of alkyl halides is 7. The first-order chi connectivity index (χ1) is 38.3. The van der Waals surface area contributed by atoms with Crippen molar-refractivity contribution >= 4 is 33.7 Å². The number of benzene rings is 7. The number of halogens is 7. The first-order valence-corrected chi connectivity index (χ1v) is 29.9. The highest BCUT2D eigenvalue weighted by Gasteiger charge is 2.61. The Labute approximate surface area is 472 Å². The number of carbonyl (C=O) groups is 2. The molecule has 0 spiro atoms. The van der Waals surface area contributed by atoms with E-state index >= 15 is 0 Å². The zero-order valence-electron chi connectivity index (χ0n) is 45.0. The second-order valence-corrected chi connectivity index (χ2v) is 25.6. The molecule has 7 aromatic rings. The third kappa shape index (κ3) is 16.9. The monoisotopic (exact) mass is 1130 g/mol. The van der Waals surface area contributed by atoms with E-state index in [1.54, 1.807) is 0 Å². The van der Waals surface area contributed by atoms with Crippen molar-refractivity contribution in [2.75, 3.05) is 0 Å². The van der Waals surface area contributed by atoms with Gasteiger partial charge in [-0.05, 0) is 173 Å². The highest BCUT2D eigenvalue weighted by atomic mass is 32.2. The molecule has 0 aromatic heterocycles. The Hall–Kier alpha value is -6.31. The molecule has 5 aliphatic rings. The quantitative estimate of drug-likeness (QED) is 0.0656. The molecule has 1 unspecified atom stereocenters. The lowest BCUT2D eigenvalue weighted by atomic mass is 9.49. The fourth-order valence-corrected chi connectivity index (χ4v) is 16.1. The van der Waals surface area contributed by atoms with Gasteiger partial charge in [-0.1, -0.05) is 140 Å². The van der Waals surface area contributed by atoms with Gasteiger partial charge in [0.1, 0.15) is 12.5 Å². The second-order valence-electron chi connectivity index (χ2n) is 21.6. The predicted molar refractivity (Wildman–Crippen MR) is 303 cm³/mol. The van der Waals surface area contributed by atoms with Crippen LogP contribution >= 0.6 is 0 Å². The number of rotatable bonds is 13. The SMILES string of the molecule is CC(F)(F)C(OC(=O)C12CC3CC(CC(C3)C1)C2)C(F)(F)F.CC(F)(F)CC(=O)OC1CCC(c2ccccc2)CC1.c1ccc([S+](c2ccccc2)c2ccccc2)cc1.c1ccc([S+](c2ccccc2)c2ccccc2)cc1. The van der Waals surface area contributed by atoms with Gasteiger partial charge in [-0.25, -0.2) is 17.6 Å². The Morgan fingerprint density at radius 1 is 0.475 bits per heavy atom. The second kappa shape index (κ2) is 27.4. The van der Waals surface area contributed by atoms with Gasteiger partial charge in [0, 0.05) is 6.92 Å². The summed E-state index contributed by atoms with van der Waals surface area (Å²) in [6.07, 6.45) is -1.84. The summed E-state index contributed by atoms with van der Waals surface area (Å²) in [5.41, 5.74) is 0.334. The minimum atomic E-state index is -5.27. The molecule has 4 nitrogen and oxygen atoms in total. The first kappa shape index (κ1) is 59.8. The van der Waals surface area contributed by atoms with E-state index < -0.39 is 47.9 Å². The average Bonchev–Trinajstić information content (AvgIpc) is 3.61. The Bertz CT molecular complexity index is 2600. The third-order valence-electron chi connectivity index (χ3n) is 15.0. The zero-order chi connectivity index (χ0) is 56.8. The van der Waals surface area contributed by atoms with E-state index in [2.05, 4.69) is 199 Å². The highest BCUT2D eigenvalue weighted by Crippen LogP contribution is 2.61. The number of hydrogen-bond donors (Lipinski definition) is 0. The lowest BCUT2D eigenvalue weighted by Crippen LogP contribution is -2.54. The Morgan fingerprint density at radius 3 is 1.05 bits per heavy atom. The third-order valence-corrected chi connectivity index (χ3v) is 19.5. The molecule has 1 atom stereocenters. The van der Waals surface area contributed by atoms with Gasteiger partial charge in [0.2, 0.25) is 0 Å². The van der Waals surface area contributed by atoms with Gasteiger partial charge in [0.15, 0.2) is 29.4 Å². The van der Waals surface area contributed by atoms with Gasteiger partial charge in [-0.3, -0.25) is 9.59 Å². The van der Waals surface area contributed by atoms with E-state index in [1.165, 1.54) is 34.9 Å². The van der Waals surface area contributed by atoms with Crippen LogP contribution in [0.1, 0.15) is 96.0 Å². The zero-order valence-corrected chi connectivity index (χ0v) is 46.7. The maximum atomic E-state index is 13.2. The number of ether oxygens (including phenoxy) is 2. The van der Waals surface area contributed by atoms with Crippen LogP contribution in [-0.4, -0.2) is 42.2 Å². The summed E-state index contributed by atoms with van der Waals surface area (Å²) in [6.45, 7) is 0.874. The molecule has 5 aliphatic carbocycles. The van der Waals surface area contributed by atoms with Gasteiger partial charge in [-0.2, -0.15) is 13.2 Å². The van der Waals surface area contributed by atoms with Crippen LogP contribution in [0.3, 0.4) is 0 Å². The maximum Gasteiger partial charge on any atom is 0.431 e. The van der Waals surface area contributed by atoms with Crippen LogP contribution in [-0.2, 0) is 40.9 Å². The van der Waals surface area contributed by atoms with E-state index in [0.29, 0.717) is 42.9 Å². The molecular weight excluding hydrogens is 1070 g/mol. The molecule has 12 rings (SSSR count). The molecule has 5 fully saturated rings. The summed E-state index contributed by atoms with van der Waals surface area (Å²) >= 11 is 0. The molecule has 0 N–H and O–H groups in total. The van der Waals surface area contributed by atoms with Crippen LogP contribution in [0.15, 0.2) is 242 Å². The molecule has 0 aliphatic heterocycles. The fraction of sp³-hybridized carbons (Fsp3) is 0.343. The largest absolute Gasteiger partial charge is 0.462 e. The van der Waals surface area contributed by atoms with E-state index in [0.717, 1.165) is 51.9 Å². The standard InChI is InChI=1S/2C18H15S.C16H20F2O2.C15H19F5O2/c2*1-4-10-16(11-5-1)19(17-12-6-2-7-13-17)18-14-8-3-9-15-18;1-16(17,18)11-15(19)20-14-9-7-13(8-10-14)12-5-3-2-4-6-12;1-13(16,17)11(15(18,19)20)22-12(21)14-5-8-2-9(6-14)4-10(3-8)7-14/h2*1-15H;2-6,13-14H,7-11H2,1H3;8-11H,2-7H2,1H3/q2*+1;;. The molecule has 0 amide bonds. The van der Waals surface area contributed by atoms with Crippen LogP contribution in [0.2, 0.25) is 0 Å². The van der Waals surface area contributed by atoms with Gasteiger partial charge in [0.25, 0.3) is 17.9 Å². The molecule has 0 saturated heterocycles. The van der Waals surface area contributed by atoms with Crippen LogP contribution in [0.5, 0.6) is 0 Å². The van der Waals surface area contributed by atoms with Crippen molar-refractivity contribution in [2.24, 2.45) is 23.2 Å². The molecular formula is C67H69F7O4S2+2. The first-order valence-electron chi connectivity index (χ1n) is 27.4. The van der Waals surface area contributed by atoms with E-state index in [4.69, 9.17) is 4.74 Å². The number of esters is 2. The summed E-state index contributed by atoms with van der Waals surface area (Å²) < 4.78 is 99.7. The predicted octanol–water partition coefficient (Wildman–Crippen LogP) is 18.2. The maximum absolute atomic E-state index is 13.2. The minimum Gasteiger partial charge on any atom is -0.462 e. The van der Waals surface area contributed by atoms with Crippen molar-refractivity contribution in [1.82, 2.24) is 0 Å². The van der Waals surface area contributed by atoms with E-state index in [9.17, 15) is 40.3 Å². The minimum absolute atomic E-state index is 0.0146. The summed E-state index contributed by atoms with van der Waals surface area (Å²) in [5, 5.41) is 0. The van der Waals surface area contributed by atoms with Crippen LogP contribution in [0.25, 0.3) is 0 Å². The van der Waals surface area contributed by atoms with Crippen molar-refractivity contribution in [3.05, 3.63) is 218 Å². The van der Waals surface area contributed by atoms with Crippen LogP contribution in [0, 0.1) is 23.2 Å². The molecule has 0 heterocycles. The van der Waals surface area contributed by atoms with Crippen molar-refractivity contribution in [3.8, 4) is 0 Å². The normalized spacial score (nSPS) is 21.6. The summed E-state index contributed by atoms with van der Waals surface area (Å²) in [6, 6.07) is 74.5. The van der Waals surface area contributed by atoms with Gasteiger partial charge in [-0.15, -0.1) is 0 Å². The van der Waals surface area contributed by atoms with Gasteiger partial charge < -0.3 is 9.47 Å². The van der Waals surface area contributed by atoms with Crippen molar-refractivity contribution < 1.29 is 49.8 Å². The fourth-order valence-electron chi connectivity index (χ4n) is 11.9. The Balaban J connectivity index is 0.000000140. The summed E-state index contributed by atoms with van der Waals surface area (Å²) in [4.78, 5) is 31.9. The van der Waals surface area contributed by atoms with Gasteiger partial charge >= 0.3 is 18.1 Å². The Morgan fingerprint density at radius 2 is 0.775 bits per heavy atom. The van der Waals surface area contributed by atoms with Crippen LogP contribution < -0.4 is 0 Å². The van der Waals surface area contributed by atoms with Gasteiger partial charge in [0.05, 0.1) is 27.2 Å². The summed E-state index contributed by atoms with van der Waals surface area (Å²) in [5.74, 6) is -7.54. The smallest absolute Gasteiger partial charge is 0.431 e. The van der Waals surface area contributed by atoms with E-state index in [1.807, 2.05) is 18.2 Å². The van der Waals surface area contributed by atoms with Crippen LogP contribution in [0.4, 0.5) is 30.7 Å². The van der Waals surface area contributed by atoms with E-state index in [-0.39, 0.29) is 34.8 Å². The molecule has 13 heteroatoms. The van der Waals surface area contributed by atoms with Crippen molar-refractivity contribution in [2.45, 2.75) is 150 Å². The molecule has 420 valence electrons. The summed E-state index contributed by atoms with van der Waals surface area (Å²) in [7, 11) is -0.0293. The lowest BCUT2D eigenvalue weighted by Gasteiger charge is -2.55. The highest BCUT2D eigenvalue weighted by molar-refractivity contribution is 7.97. The van der Waals surface area contributed by atoms with Crippen molar-refractivity contribution in [1.29, 1.82) is 0 Å². The lowest BCUT2D eigenvalue weighted by molar-refractivity contribution is -0.279. The average molecular weight is 1140 g/mol. The Kier molecular flexibility index (Phi) is 20.5. The number of hydrogen-bond acceptors (Lipinski definition) is 4. The number of carbonyl (C=O) groups excluding carboxylic acids is 2. The van der Waals surface area contributed by atoms with Crippen molar-refractivity contribution in [3.63, 3.8) is 0 Å². The molecule has 0 radical (unpaired) electrons. The topological polar surface area (TPSA) is 52.6 Å². The molecule has 80 heavy (non-hydrogen) atoms. The molecule has 4 bridgehead atoms.